The molecule has 2 atom stereocenters. The standard InChI is InChI=1S/C21H34N2O/c1-5-6-7-8-13-23-14-12-21(3,18(2)17-23)20-11-9-10-19(15-20)16-22-24-4/h9-11,18H,5-8,12-15,17H2,1-4H3. The lowest BCUT2D eigenvalue weighted by Crippen LogP contribution is -2.46. The number of piperidine rings is 1. The minimum atomic E-state index is 0.282. The Labute approximate surface area is 148 Å². The van der Waals surface area contributed by atoms with Crippen LogP contribution in [0.15, 0.2) is 34.5 Å². The maximum absolute atomic E-state index is 4.77. The number of unbranched alkanes of at least 4 members (excludes halogenated alkanes) is 3. The summed E-state index contributed by atoms with van der Waals surface area (Å²) in [6.07, 6.45) is 14.1. The monoisotopic (exact) mass is 330 g/mol. The molecule has 1 aliphatic carbocycles. The lowest BCUT2D eigenvalue weighted by Gasteiger charge is -2.46. The highest BCUT2D eigenvalue weighted by Crippen LogP contribution is 2.45. The number of rotatable bonds is 7. The average molecular weight is 331 g/mol. The van der Waals surface area contributed by atoms with Crippen LogP contribution in [0.25, 0.3) is 0 Å². The molecule has 2 unspecified atom stereocenters. The SMILES string of the molecule is CCCCCCN1CCC(C)(C2=CC=CC(=C=NOC)C2)C(C)C1. The van der Waals surface area contributed by atoms with Crippen molar-refractivity contribution in [1.29, 1.82) is 0 Å². The molecule has 3 heteroatoms. The van der Waals surface area contributed by atoms with E-state index in [4.69, 9.17) is 4.84 Å². The molecule has 1 saturated heterocycles. The Morgan fingerprint density at radius 2 is 2.21 bits per heavy atom. The Morgan fingerprint density at radius 1 is 1.38 bits per heavy atom. The summed E-state index contributed by atoms with van der Waals surface area (Å²) in [5, 5.41) is 3.80. The first-order valence-electron chi connectivity index (χ1n) is 9.55. The Kier molecular flexibility index (Phi) is 7.33. The Hall–Kier alpha value is -1.31. The summed E-state index contributed by atoms with van der Waals surface area (Å²) in [6, 6.07) is 0. The summed E-state index contributed by atoms with van der Waals surface area (Å²) < 4.78 is 0. The quantitative estimate of drug-likeness (QED) is 0.374. The fraction of sp³-hybridized carbons (Fsp3) is 0.714. The van der Waals surface area contributed by atoms with Crippen LogP contribution in [0.1, 0.15) is 59.3 Å². The zero-order chi connectivity index (χ0) is 17.4. The van der Waals surface area contributed by atoms with Gasteiger partial charge in [-0.2, -0.15) is 0 Å². The van der Waals surface area contributed by atoms with Crippen molar-refractivity contribution in [2.75, 3.05) is 26.7 Å². The maximum Gasteiger partial charge on any atom is 0.107 e. The molecule has 0 aromatic rings. The molecule has 1 fully saturated rings. The number of allylic oxidation sites excluding steroid dienone is 5. The lowest BCUT2D eigenvalue weighted by molar-refractivity contribution is 0.0807. The van der Waals surface area contributed by atoms with Crippen molar-refractivity contribution < 1.29 is 4.84 Å². The molecule has 2 aliphatic rings. The van der Waals surface area contributed by atoms with E-state index in [1.54, 1.807) is 7.11 Å². The molecule has 2 rings (SSSR count). The van der Waals surface area contributed by atoms with Crippen LogP contribution in [0.2, 0.25) is 0 Å². The molecule has 0 aromatic heterocycles. The van der Waals surface area contributed by atoms with Gasteiger partial charge in [-0.05, 0) is 48.5 Å². The Morgan fingerprint density at radius 3 is 2.92 bits per heavy atom. The first-order valence-corrected chi connectivity index (χ1v) is 9.55. The van der Waals surface area contributed by atoms with E-state index in [1.165, 1.54) is 57.3 Å². The summed E-state index contributed by atoms with van der Waals surface area (Å²) in [5.74, 6) is 3.68. The van der Waals surface area contributed by atoms with E-state index in [0.717, 1.165) is 12.0 Å². The lowest BCUT2D eigenvalue weighted by atomic mass is 9.65. The largest absolute Gasteiger partial charge is 0.392 e. The van der Waals surface area contributed by atoms with Crippen molar-refractivity contribution in [3.05, 3.63) is 29.4 Å². The highest BCUT2D eigenvalue weighted by molar-refractivity contribution is 5.64. The second-order valence-corrected chi connectivity index (χ2v) is 7.57. The molecule has 0 spiro atoms. The van der Waals surface area contributed by atoms with Crippen LogP contribution in [0, 0.1) is 11.3 Å². The predicted molar refractivity (Wildman–Crippen MR) is 102 cm³/mol. The van der Waals surface area contributed by atoms with Gasteiger partial charge in [0.1, 0.15) is 7.11 Å². The van der Waals surface area contributed by atoms with E-state index < -0.39 is 0 Å². The Bertz CT molecular complexity index is 528. The van der Waals surface area contributed by atoms with E-state index in [2.05, 4.69) is 54.9 Å². The van der Waals surface area contributed by atoms with Gasteiger partial charge in [0.05, 0.1) is 0 Å². The number of nitrogens with zero attached hydrogens (tertiary/aromatic N) is 2. The molecular formula is C21H34N2O. The fourth-order valence-corrected chi connectivity index (χ4v) is 3.94. The minimum absolute atomic E-state index is 0.282. The molecule has 1 aliphatic heterocycles. The molecule has 0 N–H and O–H groups in total. The third-order valence-corrected chi connectivity index (χ3v) is 5.88. The third kappa shape index (κ3) is 4.84. The smallest absolute Gasteiger partial charge is 0.107 e. The second kappa shape index (κ2) is 9.25. The van der Waals surface area contributed by atoms with E-state index in [-0.39, 0.29) is 5.41 Å². The molecule has 134 valence electrons. The number of likely N-dealkylation sites (tertiary alicyclic amines) is 1. The molecule has 0 aromatic carbocycles. The van der Waals surface area contributed by atoms with Gasteiger partial charge in [-0.3, -0.25) is 0 Å². The zero-order valence-corrected chi connectivity index (χ0v) is 16.0. The van der Waals surface area contributed by atoms with Gasteiger partial charge in [0.25, 0.3) is 0 Å². The van der Waals surface area contributed by atoms with Crippen LogP contribution >= 0.6 is 0 Å². The van der Waals surface area contributed by atoms with Gasteiger partial charge in [-0.15, -0.1) is 0 Å². The van der Waals surface area contributed by atoms with Crippen molar-refractivity contribution >= 4 is 5.87 Å². The highest BCUT2D eigenvalue weighted by Gasteiger charge is 2.39. The molecule has 24 heavy (non-hydrogen) atoms. The minimum Gasteiger partial charge on any atom is -0.392 e. The summed E-state index contributed by atoms with van der Waals surface area (Å²) in [7, 11) is 1.57. The molecule has 0 amide bonds. The van der Waals surface area contributed by atoms with Gasteiger partial charge in [0.2, 0.25) is 0 Å². The van der Waals surface area contributed by atoms with Crippen molar-refractivity contribution in [3.63, 3.8) is 0 Å². The van der Waals surface area contributed by atoms with Gasteiger partial charge in [-0.25, -0.2) is 0 Å². The van der Waals surface area contributed by atoms with Crippen LogP contribution in [-0.4, -0.2) is 37.5 Å². The van der Waals surface area contributed by atoms with Crippen molar-refractivity contribution in [1.82, 2.24) is 4.90 Å². The van der Waals surface area contributed by atoms with Gasteiger partial charge >= 0.3 is 0 Å². The van der Waals surface area contributed by atoms with E-state index >= 15 is 0 Å². The van der Waals surface area contributed by atoms with Crippen molar-refractivity contribution in [2.45, 2.75) is 59.3 Å². The predicted octanol–water partition coefficient (Wildman–Crippen LogP) is 4.96. The van der Waals surface area contributed by atoms with E-state index in [0.29, 0.717) is 5.92 Å². The first-order chi connectivity index (χ1) is 11.6. The molecular weight excluding hydrogens is 296 g/mol. The summed E-state index contributed by atoms with van der Waals surface area (Å²) in [5.41, 5.74) is 2.92. The second-order valence-electron chi connectivity index (χ2n) is 7.57. The van der Waals surface area contributed by atoms with E-state index in [1.807, 2.05) is 0 Å². The third-order valence-electron chi connectivity index (χ3n) is 5.88. The normalized spacial score (nSPS) is 27.6. The zero-order valence-electron chi connectivity index (χ0n) is 16.0. The molecule has 0 saturated carbocycles. The topological polar surface area (TPSA) is 24.8 Å². The van der Waals surface area contributed by atoms with Gasteiger partial charge in [0.15, 0.2) is 0 Å². The molecule has 0 radical (unpaired) electrons. The molecule has 0 bridgehead atoms. The van der Waals surface area contributed by atoms with Crippen LogP contribution < -0.4 is 0 Å². The van der Waals surface area contributed by atoms with Crippen LogP contribution in [-0.2, 0) is 4.84 Å². The number of hydrogen-bond donors (Lipinski definition) is 0. The number of hydrogen-bond acceptors (Lipinski definition) is 3. The maximum atomic E-state index is 4.77. The summed E-state index contributed by atoms with van der Waals surface area (Å²) >= 11 is 0. The van der Waals surface area contributed by atoms with Crippen LogP contribution in [0.4, 0.5) is 0 Å². The van der Waals surface area contributed by atoms with Crippen molar-refractivity contribution in [2.24, 2.45) is 16.5 Å². The first kappa shape index (κ1) is 19.0. The van der Waals surface area contributed by atoms with Crippen LogP contribution in [0.5, 0.6) is 0 Å². The molecule has 3 nitrogen and oxygen atoms in total. The van der Waals surface area contributed by atoms with Crippen LogP contribution in [0.3, 0.4) is 0 Å². The summed E-state index contributed by atoms with van der Waals surface area (Å²) in [4.78, 5) is 7.44. The summed E-state index contributed by atoms with van der Waals surface area (Å²) in [6.45, 7) is 10.9. The van der Waals surface area contributed by atoms with Crippen molar-refractivity contribution in [3.8, 4) is 0 Å². The van der Waals surface area contributed by atoms with Gasteiger partial charge in [-0.1, -0.05) is 57.8 Å². The van der Waals surface area contributed by atoms with E-state index in [9.17, 15) is 0 Å². The highest BCUT2D eigenvalue weighted by atomic mass is 16.6. The average Bonchev–Trinajstić information content (AvgIpc) is 2.60. The fourth-order valence-electron chi connectivity index (χ4n) is 3.94. The molecule has 1 heterocycles. The van der Waals surface area contributed by atoms with Gasteiger partial charge < -0.3 is 9.74 Å². The Balaban J connectivity index is 1.95. The van der Waals surface area contributed by atoms with Gasteiger partial charge in [0, 0.05) is 24.4 Å².